The summed E-state index contributed by atoms with van der Waals surface area (Å²) in [5, 5.41) is 38.0. The minimum absolute atomic E-state index is 0.0516. The summed E-state index contributed by atoms with van der Waals surface area (Å²) >= 11 is 0. The van der Waals surface area contributed by atoms with E-state index in [0.717, 1.165) is 5.56 Å². The molecule has 0 aliphatic carbocycles. The van der Waals surface area contributed by atoms with Crippen LogP contribution in [0.1, 0.15) is 26.3 Å². The molecular formula is C19H31N3O5. The van der Waals surface area contributed by atoms with Crippen molar-refractivity contribution in [3.8, 4) is 0 Å². The molecule has 1 rings (SSSR count). The van der Waals surface area contributed by atoms with E-state index < -0.39 is 30.7 Å². The second kappa shape index (κ2) is 11.6. The van der Waals surface area contributed by atoms with E-state index in [9.17, 15) is 15.0 Å². The summed E-state index contributed by atoms with van der Waals surface area (Å²) < 4.78 is 5.26. The molecule has 6 N–H and O–H groups in total. The summed E-state index contributed by atoms with van der Waals surface area (Å²) in [5.74, 6) is -0.148. The Balaban J connectivity index is 2.60. The van der Waals surface area contributed by atoms with E-state index in [0.29, 0.717) is 5.69 Å². The predicted molar refractivity (Wildman–Crippen MR) is 104 cm³/mol. The number of ether oxygens (including phenoxy) is 1. The molecule has 8 nitrogen and oxygen atoms in total. The number of amides is 1. The van der Waals surface area contributed by atoms with Crippen LogP contribution in [0.25, 0.3) is 0 Å². The van der Waals surface area contributed by atoms with Crippen molar-refractivity contribution in [2.45, 2.75) is 52.0 Å². The number of anilines is 1. The fraction of sp³-hybridized carbons (Fsp3) is 0.526. The lowest BCUT2D eigenvalue weighted by molar-refractivity contribution is -0.0474. The van der Waals surface area contributed by atoms with Crippen LogP contribution in [0, 0.1) is 5.92 Å². The summed E-state index contributed by atoms with van der Waals surface area (Å²) in [7, 11) is 0. The van der Waals surface area contributed by atoms with Gasteiger partial charge in [0.25, 0.3) is 0 Å². The quantitative estimate of drug-likeness (QED) is 0.251. The monoisotopic (exact) mass is 381 g/mol. The first-order chi connectivity index (χ1) is 12.8. The maximum atomic E-state index is 11.7. The lowest BCUT2D eigenvalue weighted by Gasteiger charge is -2.31. The van der Waals surface area contributed by atoms with E-state index in [4.69, 9.17) is 9.84 Å². The van der Waals surface area contributed by atoms with Gasteiger partial charge in [-0.15, -0.1) is 6.58 Å². The molecule has 152 valence electrons. The topological polar surface area (TPSA) is 123 Å². The van der Waals surface area contributed by atoms with Gasteiger partial charge in [-0.1, -0.05) is 32.1 Å². The first-order valence-corrected chi connectivity index (χ1v) is 8.92. The minimum atomic E-state index is -1.16. The fourth-order valence-electron chi connectivity index (χ4n) is 2.34. The van der Waals surface area contributed by atoms with Crippen molar-refractivity contribution in [1.82, 2.24) is 10.6 Å². The molecule has 1 amide bonds. The lowest BCUT2D eigenvalue weighted by atomic mass is 10.1. The van der Waals surface area contributed by atoms with E-state index in [2.05, 4.69) is 22.5 Å². The molecule has 0 spiro atoms. The summed E-state index contributed by atoms with van der Waals surface area (Å²) in [4.78, 5) is 11.7. The second-order valence-electron chi connectivity index (χ2n) is 6.63. The first kappa shape index (κ1) is 22.9. The van der Waals surface area contributed by atoms with Crippen molar-refractivity contribution < 1.29 is 24.9 Å². The van der Waals surface area contributed by atoms with Gasteiger partial charge in [0.05, 0.1) is 12.6 Å². The van der Waals surface area contributed by atoms with Gasteiger partial charge in [-0.25, -0.2) is 4.79 Å². The van der Waals surface area contributed by atoms with Crippen molar-refractivity contribution >= 4 is 11.8 Å². The summed E-state index contributed by atoms with van der Waals surface area (Å²) in [6.07, 6.45) is -2.08. The molecule has 0 aliphatic rings. The number of carbonyl (C=O) groups is 1. The van der Waals surface area contributed by atoms with Crippen molar-refractivity contribution in [2.24, 2.45) is 5.92 Å². The second-order valence-corrected chi connectivity index (χ2v) is 6.63. The Morgan fingerprint density at radius 2 is 1.81 bits per heavy atom. The van der Waals surface area contributed by atoms with Gasteiger partial charge in [0.1, 0.15) is 18.6 Å². The third-order valence-electron chi connectivity index (χ3n) is 3.96. The number of carbonyl (C=O) groups excluding carboxylic acids is 1. The molecule has 1 aromatic carbocycles. The Bertz CT molecular complexity index is 579. The number of rotatable bonds is 11. The Kier molecular flexibility index (Phi) is 9.81. The molecule has 0 saturated carbocycles. The van der Waals surface area contributed by atoms with Crippen molar-refractivity contribution in [3.63, 3.8) is 0 Å². The van der Waals surface area contributed by atoms with E-state index in [1.54, 1.807) is 31.2 Å². The first-order valence-electron chi connectivity index (χ1n) is 8.92. The Labute approximate surface area is 160 Å². The molecule has 0 aliphatic heterocycles. The normalized spacial score (nSPS) is 15.5. The van der Waals surface area contributed by atoms with Crippen LogP contribution >= 0.6 is 0 Å². The maximum Gasteiger partial charge on any atom is 0.407 e. The lowest BCUT2D eigenvalue weighted by Crippen LogP contribution is -2.53. The third-order valence-corrected chi connectivity index (χ3v) is 3.96. The van der Waals surface area contributed by atoms with Crippen LogP contribution in [0.4, 0.5) is 10.5 Å². The van der Waals surface area contributed by atoms with Crippen molar-refractivity contribution in [3.05, 3.63) is 42.5 Å². The van der Waals surface area contributed by atoms with Gasteiger partial charge < -0.3 is 30.7 Å². The Hall–Kier alpha value is -2.13. The molecule has 4 atom stereocenters. The predicted octanol–water partition coefficient (Wildman–Crippen LogP) is 1.14. The van der Waals surface area contributed by atoms with Gasteiger partial charge >= 0.3 is 6.09 Å². The van der Waals surface area contributed by atoms with E-state index in [-0.39, 0.29) is 19.1 Å². The zero-order chi connectivity index (χ0) is 20.4. The highest BCUT2D eigenvalue weighted by atomic mass is 16.6. The molecule has 0 unspecified atom stereocenters. The van der Waals surface area contributed by atoms with Crippen LogP contribution < -0.4 is 16.0 Å². The summed E-state index contributed by atoms with van der Waals surface area (Å²) in [6.45, 7) is 9.05. The zero-order valence-electron chi connectivity index (χ0n) is 16.1. The number of benzene rings is 1. The summed E-state index contributed by atoms with van der Waals surface area (Å²) in [6, 6.07) is 6.42. The fourth-order valence-corrected chi connectivity index (χ4v) is 2.34. The molecule has 8 heteroatoms. The Morgan fingerprint density at radius 1 is 1.19 bits per heavy atom. The van der Waals surface area contributed by atoms with E-state index >= 15 is 0 Å². The number of hydrogen-bond donors (Lipinski definition) is 6. The number of alkyl carbamates (subject to hydrolysis) is 1. The number of aliphatic hydroxyl groups excluding tert-OH is 3. The number of aliphatic hydroxyl groups is 3. The van der Waals surface area contributed by atoms with Crippen molar-refractivity contribution in [2.75, 3.05) is 11.9 Å². The van der Waals surface area contributed by atoms with E-state index in [1.807, 2.05) is 13.8 Å². The molecule has 0 aromatic heterocycles. The minimum Gasteiger partial charge on any atom is -0.442 e. The molecule has 0 heterocycles. The smallest absolute Gasteiger partial charge is 0.407 e. The van der Waals surface area contributed by atoms with Gasteiger partial charge in [0.15, 0.2) is 0 Å². The van der Waals surface area contributed by atoms with Crippen LogP contribution in [0.3, 0.4) is 0 Å². The van der Waals surface area contributed by atoms with Crippen LogP contribution in [0.2, 0.25) is 0 Å². The zero-order valence-corrected chi connectivity index (χ0v) is 16.1. The molecule has 0 radical (unpaired) electrons. The van der Waals surface area contributed by atoms with E-state index in [1.165, 1.54) is 6.08 Å². The van der Waals surface area contributed by atoms with Gasteiger partial charge in [0, 0.05) is 12.2 Å². The van der Waals surface area contributed by atoms with Gasteiger partial charge in [-0.2, -0.15) is 0 Å². The highest BCUT2D eigenvalue weighted by Gasteiger charge is 2.29. The van der Waals surface area contributed by atoms with Crippen LogP contribution in [-0.4, -0.2) is 52.6 Å². The number of hydrogen-bond acceptors (Lipinski definition) is 7. The maximum absolute atomic E-state index is 11.7. The molecule has 0 bridgehead atoms. The molecule has 0 saturated heterocycles. The van der Waals surface area contributed by atoms with Crippen LogP contribution in [0.5, 0.6) is 0 Å². The SMILES string of the molecule is C=CCNC(=O)O[C@@H](C(C)C)[C@H](O)N[C@@H](C)[C@H](O)Nc1ccc(CO)cc1. The summed E-state index contributed by atoms with van der Waals surface area (Å²) in [5.41, 5.74) is 1.44. The van der Waals surface area contributed by atoms with Gasteiger partial charge in [-0.05, 0) is 30.5 Å². The third kappa shape index (κ3) is 7.96. The van der Waals surface area contributed by atoms with Crippen LogP contribution in [0.15, 0.2) is 36.9 Å². The average molecular weight is 381 g/mol. The largest absolute Gasteiger partial charge is 0.442 e. The average Bonchev–Trinajstić information content (AvgIpc) is 2.64. The molecule has 27 heavy (non-hydrogen) atoms. The molecular weight excluding hydrogens is 350 g/mol. The van der Waals surface area contributed by atoms with Gasteiger partial charge in [0.2, 0.25) is 0 Å². The standard InChI is InChI=1S/C19H31N3O5/c1-5-10-20-19(26)27-16(12(2)3)18(25)21-13(4)17(24)22-15-8-6-14(11-23)7-9-15/h5-9,12-13,16-18,21-25H,1,10-11H2,2-4H3,(H,20,26)/t13-,16-,17-,18-/m0/s1. The highest BCUT2D eigenvalue weighted by molar-refractivity contribution is 5.67. The number of nitrogens with one attached hydrogen (secondary N) is 3. The van der Waals surface area contributed by atoms with Gasteiger partial charge in [-0.3, -0.25) is 5.32 Å². The van der Waals surface area contributed by atoms with Crippen molar-refractivity contribution in [1.29, 1.82) is 0 Å². The van der Waals surface area contributed by atoms with Crippen LogP contribution in [-0.2, 0) is 11.3 Å². The highest BCUT2D eigenvalue weighted by Crippen LogP contribution is 2.14. The Morgan fingerprint density at radius 3 is 2.33 bits per heavy atom. The molecule has 0 fully saturated rings. The molecule has 1 aromatic rings.